The minimum absolute atomic E-state index is 0.667. The van der Waals surface area contributed by atoms with Gasteiger partial charge in [0.05, 0.1) is 11.9 Å². The second kappa shape index (κ2) is 7.12. The molecule has 1 N–H and O–H groups in total. The molecule has 2 fully saturated rings. The molecule has 1 aromatic heterocycles. The maximum Gasteiger partial charge on any atom is 0.128 e. The number of nitrogens with zero attached hydrogens (tertiary/aromatic N) is 3. The molecule has 1 unspecified atom stereocenters. The molecule has 0 bridgehead atoms. The van der Waals surface area contributed by atoms with Gasteiger partial charge < -0.3 is 15.1 Å². The summed E-state index contributed by atoms with van der Waals surface area (Å²) >= 11 is 0. The maximum absolute atomic E-state index is 4.63. The summed E-state index contributed by atoms with van der Waals surface area (Å²) in [5.74, 6) is 1.13. The van der Waals surface area contributed by atoms with E-state index in [9.17, 15) is 0 Å². The third-order valence-corrected chi connectivity index (χ3v) is 4.89. The predicted molar refractivity (Wildman–Crippen MR) is 89.1 cm³/mol. The van der Waals surface area contributed by atoms with Gasteiger partial charge in [-0.25, -0.2) is 4.98 Å². The van der Waals surface area contributed by atoms with Crippen molar-refractivity contribution in [1.82, 2.24) is 9.88 Å². The molecule has 2 aliphatic rings. The van der Waals surface area contributed by atoms with Crippen LogP contribution in [0.4, 0.5) is 11.5 Å². The largest absolute Gasteiger partial charge is 0.382 e. The smallest absolute Gasteiger partial charge is 0.128 e. The Morgan fingerprint density at radius 2 is 1.90 bits per heavy atom. The van der Waals surface area contributed by atoms with E-state index in [1.165, 1.54) is 45.1 Å². The van der Waals surface area contributed by atoms with Crippen LogP contribution in [0, 0.1) is 0 Å². The third kappa shape index (κ3) is 3.88. The molecule has 4 nitrogen and oxygen atoms in total. The molecule has 3 rings (SSSR count). The van der Waals surface area contributed by atoms with Crippen molar-refractivity contribution in [1.29, 1.82) is 0 Å². The lowest BCUT2D eigenvalue weighted by Gasteiger charge is -2.32. The third-order valence-electron chi connectivity index (χ3n) is 4.89. The Hall–Kier alpha value is -1.29. The molecule has 2 saturated heterocycles. The van der Waals surface area contributed by atoms with E-state index in [2.05, 4.69) is 39.3 Å². The highest BCUT2D eigenvalue weighted by molar-refractivity contribution is 5.48. The summed E-state index contributed by atoms with van der Waals surface area (Å²) in [5.41, 5.74) is 1.15. The molecular formula is C17H28N4. The van der Waals surface area contributed by atoms with E-state index in [1.807, 2.05) is 6.20 Å². The van der Waals surface area contributed by atoms with E-state index in [-0.39, 0.29) is 0 Å². The van der Waals surface area contributed by atoms with Gasteiger partial charge in [-0.05, 0) is 57.8 Å². The Bertz CT molecular complexity index is 425. The van der Waals surface area contributed by atoms with Crippen molar-refractivity contribution in [2.45, 2.75) is 44.6 Å². The second-order valence-electron chi connectivity index (χ2n) is 6.46. The van der Waals surface area contributed by atoms with Gasteiger partial charge in [0, 0.05) is 25.7 Å². The van der Waals surface area contributed by atoms with Crippen molar-refractivity contribution in [3.05, 3.63) is 18.3 Å². The lowest BCUT2D eigenvalue weighted by Crippen LogP contribution is -2.40. The minimum Gasteiger partial charge on any atom is -0.382 e. The van der Waals surface area contributed by atoms with Gasteiger partial charge in [0.15, 0.2) is 0 Å². The van der Waals surface area contributed by atoms with Crippen molar-refractivity contribution in [2.24, 2.45) is 0 Å². The molecule has 116 valence electrons. The number of rotatable bonds is 4. The molecule has 0 amide bonds. The van der Waals surface area contributed by atoms with Gasteiger partial charge in [0.25, 0.3) is 0 Å². The van der Waals surface area contributed by atoms with Crippen LogP contribution < -0.4 is 10.2 Å². The number of piperidine rings is 2. The summed E-state index contributed by atoms with van der Waals surface area (Å²) in [6.45, 7) is 4.58. The Kier molecular flexibility index (Phi) is 4.96. The number of hydrogen-bond donors (Lipinski definition) is 1. The van der Waals surface area contributed by atoms with Gasteiger partial charge in [-0.3, -0.25) is 0 Å². The standard InChI is InChI=1S/C17H28N4/c1-20-10-6-3-7-16(20)14-18-15-8-9-17(19-13-15)21-11-4-2-5-12-21/h8-9,13,16,18H,2-7,10-12,14H2,1H3. The number of likely N-dealkylation sites (N-methyl/N-ethyl adjacent to an activating group) is 1. The fourth-order valence-electron chi connectivity index (χ4n) is 3.44. The average molecular weight is 288 g/mol. The number of aromatic nitrogens is 1. The molecule has 0 spiro atoms. The number of nitrogens with one attached hydrogen (secondary N) is 1. The molecule has 0 aliphatic carbocycles. The summed E-state index contributed by atoms with van der Waals surface area (Å²) in [5, 5.41) is 3.55. The zero-order valence-corrected chi connectivity index (χ0v) is 13.2. The van der Waals surface area contributed by atoms with Crippen LogP contribution in [0.15, 0.2) is 18.3 Å². The molecule has 2 aliphatic heterocycles. The van der Waals surface area contributed by atoms with Gasteiger partial charge in [-0.2, -0.15) is 0 Å². The molecular weight excluding hydrogens is 260 g/mol. The molecule has 1 aromatic rings. The van der Waals surface area contributed by atoms with E-state index >= 15 is 0 Å². The first-order valence-corrected chi connectivity index (χ1v) is 8.48. The van der Waals surface area contributed by atoms with Crippen molar-refractivity contribution in [2.75, 3.05) is 43.4 Å². The second-order valence-corrected chi connectivity index (χ2v) is 6.46. The Morgan fingerprint density at radius 1 is 1.10 bits per heavy atom. The number of anilines is 2. The van der Waals surface area contributed by atoms with Gasteiger partial charge in [-0.15, -0.1) is 0 Å². The van der Waals surface area contributed by atoms with E-state index in [1.54, 1.807) is 0 Å². The summed E-state index contributed by atoms with van der Waals surface area (Å²) in [6, 6.07) is 5.01. The highest BCUT2D eigenvalue weighted by Gasteiger charge is 2.18. The quantitative estimate of drug-likeness (QED) is 0.923. The predicted octanol–water partition coefficient (Wildman–Crippen LogP) is 2.97. The van der Waals surface area contributed by atoms with Crippen molar-refractivity contribution in [3.8, 4) is 0 Å². The number of hydrogen-bond acceptors (Lipinski definition) is 4. The van der Waals surface area contributed by atoms with Gasteiger partial charge in [0.2, 0.25) is 0 Å². The van der Waals surface area contributed by atoms with Gasteiger partial charge >= 0.3 is 0 Å². The Labute approximate surface area is 128 Å². The van der Waals surface area contributed by atoms with Crippen molar-refractivity contribution >= 4 is 11.5 Å². The highest BCUT2D eigenvalue weighted by Crippen LogP contribution is 2.20. The van der Waals surface area contributed by atoms with Crippen LogP contribution in [0.1, 0.15) is 38.5 Å². The SMILES string of the molecule is CN1CCCCC1CNc1ccc(N2CCCCC2)nc1. The summed E-state index contributed by atoms with van der Waals surface area (Å²) in [6.07, 6.45) is 9.98. The Balaban J connectivity index is 1.52. The van der Waals surface area contributed by atoms with Crippen LogP contribution in [0.5, 0.6) is 0 Å². The first-order valence-electron chi connectivity index (χ1n) is 8.48. The first kappa shape index (κ1) is 14.6. The van der Waals surface area contributed by atoms with Crippen LogP contribution >= 0.6 is 0 Å². The van der Waals surface area contributed by atoms with E-state index in [4.69, 9.17) is 0 Å². The maximum atomic E-state index is 4.63. The molecule has 3 heterocycles. The van der Waals surface area contributed by atoms with E-state index in [0.29, 0.717) is 6.04 Å². The fraction of sp³-hybridized carbons (Fsp3) is 0.706. The van der Waals surface area contributed by atoms with Crippen molar-refractivity contribution < 1.29 is 0 Å². The molecule has 4 heteroatoms. The number of pyridine rings is 1. The van der Waals surface area contributed by atoms with Gasteiger partial charge in [0.1, 0.15) is 5.82 Å². The fourth-order valence-corrected chi connectivity index (χ4v) is 3.44. The van der Waals surface area contributed by atoms with Crippen LogP contribution in [0.2, 0.25) is 0 Å². The van der Waals surface area contributed by atoms with Crippen LogP contribution in [0.25, 0.3) is 0 Å². The molecule has 0 saturated carbocycles. The number of likely N-dealkylation sites (tertiary alicyclic amines) is 1. The Morgan fingerprint density at radius 3 is 2.62 bits per heavy atom. The normalized spacial score (nSPS) is 24.0. The zero-order valence-electron chi connectivity index (χ0n) is 13.2. The van der Waals surface area contributed by atoms with E-state index < -0.39 is 0 Å². The average Bonchev–Trinajstić information content (AvgIpc) is 2.55. The molecule has 21 heavy (non-hydrogen) atoms. The minimum atomic E-state index is 0.667. The highest BCUT2D eigenvalue weighted by atomic mass is 15.2. The summed E-state index contributed by atoms with van der Waals surface area (Å²) in [4.78, 5) is 9.52. The summed E-state index contributed by atoms with van der Waals surface area (Å²) in [7, 11) is 2.24. The molecule has 1 atom stereocenters. The lowest BCUT2D eigenvalue weighted by atomic mass is 10.0. The summed E-state index contributed by atoms with van der Waals surface area (Å²) < 4.78 is 0. The van der Waals surface area contributed by atoms with E-state index in [0.717, 1.165) is 31.1 Å². The molecule has 0 aromatic carbocycles. The molecule has 0 radical (unpaired) electrons. The van der Waals surface area contributed by atoms with Crippen LogP contribution in [0.3, 0.4) is 0 Å². The first-order chi connectivity index (χ1) is 10.3. The topological polar surface area (TPSA) is 31.4 Å². The lowest BCUT2D eigenvalue weighted by molar-refractivity contribution is 0.194. The zero-order chi connectivity index (χ0) is 14.5. The van der Waals surface area contributed by atoms with Crippen molar-refractivity contribution in [3.63, 3.8) is 0 Å². The van der Waals surface area contributed by atoms with Crippen LogP contribution in [-0.4, -0.2) is 49.2 Å². The monoisotopic (exact) mass is 288 g/mol. The van der Waals surface area contributed by atoms with Crippen LogP contribution in [-0.2, 0) is 0 Å². The van der Waals surface area contributed by atoms with Gasteiger partial charge in [-0.1, -0.05) is 6.42 Å².